The van der Waals surface area contributed by atoms with Crippen LogP contribution in [-0.4, -0.2) is 5.91 Å². The van der Waals surface area contributed by atoms with Gasteiger partial charge in [0.15, 0.2) is 11.0 Å². The number of halogens is 3. The largest absolute Gasteiger partial charge is 0.455 e. The molecule has 0 fully saturated rings. The molecule has 1 heterocycles. The van der Waals surface area contributed by atoms with Crippen molar-refractivity contribution in [2.24, 2.45) is 5.73 Å². The number of benzene rings is 2. The maximum Gasteiger partial charge on any atom is 0.416 e. The first-order valence-corrected chi connectivity index (χ1v) is 7.65. The molecule has 3 aromatic rings. The Bertz CT molecular complexity index is 1080. The van der Waals surface area contributed by atoms with Crippen molar-refractivity contribution in [2.75, 3.05) is 0 Å². The summed E-state index contributed by atoms with van der Waals surface area (Å²) in [5.74, 6) is -0.689. The highest BCUT2D eigenvalue weighted by atomic mass is 19.4. The second-order valence-corrected chi connectivity index (χ2v) is 5.98. The molecule has 26 heavy (non-hydrogen) atoms. The van der Waals surface area contributed by atoms with Crippen molar-refractivity contribution < 1.29 is 22.4 Å². The summed E-state index contributed by atoms with van der Waals surface area (Å²) in [5, 5.41) is 0.192. The van der Waals surface area contributed by atoms with Crippen LogP contribution in [0.2, 0.25) is 0 Å². The predicted octanol–water partition coefficient (Wildman–Crippen LogP) is 4.19. The van der Waals surface area contributed by atoms with Crippen LogP contribution in [0.25, 0.3) is 22.3 Å². The SMILES string of the molecule is Cc1cc2c(=O)cc(-c3ccc(C(F)(F)F)cc3)oc2c(C(N)=O)c1C. The van der Waals surface area contributed by atoms with Gasteiger partial charge in [-0.3, -0.25) is 9.59 Å². The van der Waals surface area contributed by atoms with Crippen LogP contribution < -0.4 is 11.2 Å². The molecule has 2 aromatic carbocycles. The van der Waals surface area contributed by atoms with E-state index >= 15 is 0 Å². The van der Waals surface area contributed by atoms with Gasteiger partial charge in [-0.25, -0.2) is 0 Å². The van der Waals surface area contributed by atoms with E-state index in [2.05, 4.69) is 0 Å². The third-order valence-corrected chi connectivity index (χ3v) is 4.28. The van der Waals surface area contributed by atoms with Crippen molar-refractivity contribution in [3.05, 3.63) is 68.9 Å². The molecule has 1 amide bonds. The molecule has 0 aliphatic heterocycles. The normalized spacial score (nSPS) is 11.7. The second kappa shape index (κ2) is 6.01. The summed E-state index contributed by atoms with van der Waals surface area (Å²) in [5.41, 5.74) is 5.90. The number of nitrogens with two attached hydrogens (primary N) is 1. The third kappa shape index (κ3) is 2.96. The number of primary amides is 1. The Labute approximate surface area is 146 Å². The second-order valence-electron chi connectivity index (χ2n) is 5.98. The van der Waals surface area contributed by atoms with Crippen LogP contribution in [0.5, 0.6) is 0 Å². The monoisotopic (exact) mass is 361 g/mol. The zero-order valence-corrected chi connectivity index (χ0v) is 13.9. The molecule has 2 N–H and O–H groups in total. The fourth-order valence-corrected chi connectivity index (χ4v) is 2.78. The van der Waals surface area contributed by atoms with Gasteiger partial charge in [-0.2, -0.15) is 13.2 Å². The van der Waals surface area contributed by atoms with Crippen LogP contribution >= 0.6 is 0 Å². The number of hydrogen-bond acceptors (Lipinski definition) is 3. The maximum atomic E-state index is 12.7. The fraction of sp³-hybridized carbons (Fsp3) is 0.158. The number of aryl methyl sites for hydroxylation is 1. The van der Waals surface area contributed by atoms with E-state index in [1.807, 2.05) is 0 Å². The average Bonchev–Trinajstić information content (AvgIpc) is 2.55. The molecule has 0 saturated heterocycles. The minimum atomic E-state index is -4.46. The van der Waals surface area contributed by atoms with E-state index in [1.165, 1.54) is 18.2 Å². The molecule has 7 heteroatoms. The van der Waals surface area contributed by atoms with E-state index < -0.39 is 23.1 Å². The predicted molar refractivity (Wildman–Crippen MR) is 90.9 cm³/mol. The molecule has 0 spiro atoms. The van der Waals surface area contributed by atoms with Crippen molar-refractivity contribution in [1.82, 2.24) is 0 Å². The lowest BCUT2D eigenvalue weighted by Crippen LogP contribution is -2.16. The summed E-state index contributed by atoms with van der Waals surface area (Å²) < 4.78 is 43.8. The quantitative estimate of drug-likeness (QED) is 0.744. The molecule has 0 aliphatic carbocycles. The number of rotatable bonds is 2. The van der Waals surface area contributed by atoms with Gasteiger partial charge in [-0.05, 0) is 43.2 Å². The summed E-state index contributed by atoms with van der Waals surface area (Å²) in [6.45, 7) is 3.42. The standard InChI is InChI=1S/C19H14F3NO3/c1-9-7-13-14(24)8-15(26-17(13)16(10(9)2)18(23)25)11-3-5-12(6-4-11)19(20,21)22/h3-8H,1-2H3,(H2,23,25). The van der Waals surface area contributed by atoms with Gasteiger partial charge in [0.05, 0.1) is 16.5 Å². The maximum absolute atomic E-state index is 12.7. The number of alkyl halides is 3. The Hall–Kier alpha value is -3.09. The lowest BCUT2D eigenvalue weighted by atomic mass is 9.98. The fourth-order valence-electron chi connectivity index (χ4n) is 2.78. The van der Waals surface area contributed by atoms with Crippen LogP contribution in [0.1, 0.15) is 27.0 Å². The Morgan fingerprint density at radius 2 is 1.69 bits per heavy atom. The number of hydrogen-bond donors (Lipinski definition) is 1. The number of carbonyl (C=O) groups is 1. The Morgan fingerprint density at radius 3 is 2.23 bits per heavy atom. The zero-order valence-electron chi connectivity index (χ0n) is 13.9. The molecular formula is C19H14F3NO3. The highest BCUT2D eigenvalue weighted by molar-refractivity contribution is 6.06. The molecule has 0 atom stereocenters. The van der Waals surface area contributed by atoms with Crippen LogP contribution in [0.3, 0.4) is 0 Å². The molecule has 4 nitrogen and oxygen atoms in total. The highest BCUT2D eigenvalue weighted by Gasteiger charge is 2.30. The summed E-state index contributed by atoms with van der Waals surface area (Å²) in [6.07, 6.45) is -4.46. The lowest BCUT2D eigenvalue weighted by molar-refractivity contribution is -0.137. The molecular weight excluding hydrogens is 347 g/mol. The Kier molecular flexibility index (Phi) is 4.10. The smallest absolute Gasteiger partial charge is 0.416 e. The van der Waals surface area contributed by atoms with E-state index in [0.717, 1.165) is 12.1 Å². The first-order chi connectivity index (χ1) is 12.1. The van der Waals surface area contributed by atoms with Gasteiger partial charge in [0.25, 0.3) is 5.91 Å². The summed E-state index contributed by atoms with van der Waals surface area (Å²) in [6, 6.07) is 6.99. The Balaban J connectivity index is 2.26. The first kappa shape index (κ1) is 17.7. The van der Waals surface area contributed by atoms with Gasteiger partial charge >= 0.3 is 6.18 Å². The van der Waals surface area contributed by atoms with Crippen LogP contribution in [-0.2, 0) is 6.18 Å². The molecule has 134 valence electrons. The summed E-state index contributed by atoms with van der Waals surface area (Å²) >= 11 is 0. The number of fused-ring (bicyclic) bond motifs is 1. The van der Waals surface area contributed by atoms with Gasteiger partial charge in [-0.15, -0.1) is 0 Å². The van der Waals surface area contributed by atoms with Crippen LogP contribution in [0, 0.1) is 13.8 Å². The van der Waals surface area contributed by atoms with E-state index in [4.69, 9.17) is 10.2 Å². The van der Waals surface area contributed by atoms with Gasteiger partial charge in [0.2, 0.25) is 0 Å². The lowest BCUT2D eigenvalue weighted by Gasteiger charge is -2.11. The van der Waals surface area contributed by atoms with E-state index in [-0.39, 0.29) is 27.9 Å². The molecule has 0 saturated carbocycles. The highest BCUT2D eigenvalue weighted by Crippen LogP contribution is 2.32. The average molecular weight is 361 g/mol. The molecule has 0 aliphatic rings. The van der Waals surface area contributed by atoms with Gasteiger partial charge in [0, 0.05) is 11.6 Å². The minimum Gasteiger partial charge on any atom is -0.455 e. The molecule has 0 radical (unpaired) electrons. The van der Waals surface area contributed by atoms with Crippen molar-refractivity contribution in [3.8, 4) is 11.3 Å². The van der Waals surface area contributed by atoms with Gasteiger partial charge < -0.3 is 10.2 Å². The molecule has 1 aromatic heterocycles. The van der Waals surface area contributed by atoms with E-state index in [0.29, 0.717) is 11.1 Å². The van der Waals surface area contributed by atoms with Gasteiger partial charge in [0.1, 0.15) is 5.76 Å². The number of carbonyl (C=O) groups excluding carboxylic acids is 1. The van der Waals surface area contributed by atoms with Crippen molar-refractivity contribution >= 4 is 16.9 Å². The van der Waals surface area contributed by atoms with Crippen molar-refractivity contribution in [1.29, 1.82) is 0 Å². The summed E-state index contributed by atoms with van der Waals surface area (Å²) in [4.78, 5) is 24.3. The van der Waals surface area contributed by atoms with Gasteiger partial charge in [-0.1, -0.05) is 12.1 Å². The molecule has 0 unspecified atom stereocenters. The van der Waals surface area contributed by atoms with Crippen LogP contribution in [0.15, 0.2) is 45.6 Å². The van der Waals surface area contributed by atoms with E-state index in [9.17, 15) is 22.8 Å². The van der Waals surface area contributed by atoms with Crippen molar-refractivity contribution in [2.45, 2.75) is 20.0 Å². The van der Waals surface area contributed by atoms with E-state index in [1.54, 1.807) is 19.9 Å². The number of amides is 1. The first-order valence-electron chi connectivity index (χ1n) is 7.65. The minimum absolute atomic E-state index is 0.0306. The molecule has 0 bridgehead atoms. The van der Waals surface area contributed by atoms with Crippen LogP contribution in [0.4, 0.5) is 13.2 Å². The zero-order chi connectivity index (χ0) is 19.2. The molecule has 3 rings (SSSR count). The van der Waals surface area contributed by atoms with Crippen molar-refractivity contribution in [3.63, 3.8) is 0 Å². The topological polar surface area (TPSA) is 73.3 Å². The Morgan fingerprint density at radius 1 is 1.08 bits per heavy atom. The third-order valence-electron chi connectivity index (χ3n) is 4.28. The summed E-state index contributed by atoms with van der Waals surface area (Å²) in [7, 11) is 0.